The van der Waals surface area contributed by atoms with Crippen LogP contribution >= 0.6 is 94.1 Å². The van der Waals surface area contributed by atoms with Gasteiger partial charge in [-0.05, 0) is 36.5 Å². The van der Waals surface area contributed by atoms with Gasteiger partial charge in [0.25, 0.3) is 0 Å². The number of rotatable bonds is 17. The first-order valence-corrected chi connectivity index (χ1v) is 19.1. The van der Waals surface area contributed by atoms with Crippen molar-refractivity contribution in [2.75, 3.05) is 46.0 Å². The monoisotopic (exact) mass is 586 g/mol. The molecule has 4 unspecified atom stereocenters. The molecule has 2 nitrogen and oxygen atoms in total. The lowest BCUT2D eigenvalue weighted by atomic mass is 10.2. The molecule has 0 saturated carbocycles. The zero-order valence-corrected chi connectivity index (χ0v) is 25.0. The predicted octanol–water partition coefficient (Wildman–Crippen LogP) is 7.25. The molecule has 0 aromatic heterocycles. The molecule has 0 N–H and O–H groups in total. The number of carbonyl (C=O) groups excluding carboxylic acids is 2. The van der Waals surface area contributed by atoms with Crippen LogP contribution in [0.1, 0.15) is 25.7 Å². The standard InChI is InChI=1S/C22H34O2S8/c1-3-19(23)27-11-17-13-29-21(31-17)15-25-9-7-5-6-8-10-26-16-22-30-14-18(32-22)12-28-20(24)4-2/h3-4,17-18,21-22H,1-2,5-16H2. The van der Waals surface area contributed by atoms with Crippen molar-refractivity contribution in [1.82, 2.24) is 0 Å². The summed E-state index contributed by atoms with van der Waals surface area (Å²) in [5, 5.41) is 1.43. The van der Waals surface area contributed by atoms with Crippen molar-refractivity contribution in [3.8, 4) is 0 Å². The predicted molar refractivity (Wildman–Crippen MR) is 164 cm³/mol. The Bertz CT molecular complexity index is 538. The average Bonchev–Trinajstić information content (AvgIpc) is 3.46. The van der Waals surface area contributed by atoms with Crippen LogP contribution in [0.3, 0.4) is 0 Å². The summed E-state index contributed by atoms with van der Waals surface area (Å²) < 4.78 is 1.40. The molecule has 4 atom stereocenters. The fraction of sp³-hybridized carbons (Fsp3) is 0.727. The van der Waals surface area contributed by atoms with E-state index in [0.29, 0.717) is 19.7 Å². The molecule has 2 saturated heterocycles. The highest BCUT2D eigenvalue weighted by Gasteiger charge is 2.27. The number of hydrogen-bond acceptors (Lipinski definition) is 10. The molecule has 2 aliphatic heterocycles. The van der Waals surface area contributed by atoms with Gasteiger partial charge >= 0.3 is 0 Å². The highest BCUT2D eigenvalue weighted by atomic mass is 32.2. The summed E-state index contributed by atoms with van der Waals surface area (Å²) >= 11 is 15.3. The van der Waals surface area contributed by atoms with Crippen molar-refractivity contribution in [3.05, 3.63) is 25.3 Å². The number of thioether (sulfide) groups is 8. The summed E-state index contributed by atoms with van der Waals surface area (Å²) in [5.74, 6) is 9.24. The first-order chi connectivity index (χ1) is 15.6. The molecule has 32 heavy (non-hydrogen) atoms. The third-order valence-corrected chi connectivity index (χ3v) is 16.8. The summed E-state index contributed by atoms with van der Waals surface area (Å²) in [5.41, 5.74) is 0. The molecule has 0 amide bonds. The van der Waals surface area contributed by atoms with Crippen LogP contribution in [0.2, 0.25) is 0 Å². The smallest absolute Gasteiger partial charge is 0.211 e. The Morgan fingerprint density at radius 3 is 1.56 bits per heavy atom. The van der Waals surface area contributed by atoms with Crippen molar-refractivity contribution >= 4 is 104 Å². The van der Waals surface area contributed by atoms with E-state index in [0.717, 1.165) is 11.5 Å². The van der Waals surface area contributed by atoms with Gasteiger partial charge in [-0.1, -0.05) is 49.5 Å². The largest absolute Gasteiger partial charge is 0.282 e. The number of carbonyl (C=O) groups is 2. The van der Waals surface area contributed by atoms with Gasteiger partial charge in [0, 0.05) is 45.0 Å². The molecule has 2 fully saturated rings. The molecule has 2 heterocycles. The second-order valence-corrected chi connectivity index (χ2v) is 17.7. The van der Waals surface area contributed by atoms with Crippen LogP contribution in [-0.2, 0) is 9.59 Å². The van der Waals surface area contributed by atoms with Gasteiger partial charge in [0.1, 0.15) is 0 Å². The zero-order valence-electron chi connectivity index (χ0n) is 18.4. The molecule has 2 rings (SSSR count). The minimum Gasteiger partial charge on any atom is -0.282 e. The molecule has 182 valence electrons. The molecule has 0 aliphatic carbocycles. The van der Waals surface area contributed by atoms with Gasteiger partial charge in [-0.25, -0.2) is 0 Å². The Balaban J connectivity index is 1.34. The van der Waals surface area contributed by atoms with E-state index in [1.807, 2.05) is 0 Å². The molecule has 0 bridgehead atoms. The van der Waals surface area contributed by atoms with E-state index in [2.05, 4.69) is 83.7 Å². The minimum atomic E-state index is 0.101. The topological polar surface area (TPSA) is 34.1 Å². The van der Waals surface area contributed by atoms with Crippen molar-refractivity contribution < 1.29 is 9.59 Å². The summed E-state index contributed by atoms with van der Waals surface area (Å²) in [6.45, 7) is 7.07. The molecule has 0 radical (unpaired) electrons. The van der Waals surface area contributed by atoms with E-state index < -0.39 is 0 Å². The quantitative estimate of drug-likeness (QED) is 0.128. The van der Waals surface area contributed by atoms with Crippen LogP contribution in [0, 0.1) is 0 Å². The molecule has 0 spiro atoms. The molecule has 0 aromatic carbocycles. The fourth-order valence-corrected chi connectivity index (χ4v) is 14.6. The van der Waals surface area contributed by atoms with Crippen LogP contribution in [0.5, 0.6) is 0 Å². The Labute approximate surface area is 228 Å². The number of hydrogen-bond donors (Lipinski definition) is 0. The van der Waals surface area contributed by atoms with Crippen LogP contribution < -0.4 is 0 Å². The van der Waals surface area contributed by atoms with Gasteiger partial charge in [0.15, 0.2) is 0 Å². The van der Waals surface area contributed by atoms with Crippen molar-refractivity contribution in [1.29, 1.82) is 0 Å². The Kier molecular flexibility index (Phi) is 17.6. The van der Waals surface area contributed by atoms with Gasteiger partial charge in [-0.15, -0.1) is 47.0 Å². The van der Waals surface area contributed by atoms with Crippen molar-refractivity contribution in [2.45, 2.75) is 45.3 Å². The first kappa shape index (κ1) is 29.8. The van der Waals surface area contributed by atoms with Gasteiger partial charge < -0.3 is 0 Å². The fourth-order valence-electron chi connectivity index (χ4n) is 2.95. The second kappa shape index (κ2) is 18.8. The first-order valence-electron chi connectivity index (χ1n) is 10.9. The van der Waals surface area contributed by atoms with E-state index in [-0.39, 0.29) is 10.2 Å². The summed E-state index contributed by atoms with van der Waals surface area (Å²) in [7, 11) is 0. The minimum absolute atomic E-state index is 0.101. The Morgan fingerprint density at radius 1 is 0.719 bits per heavy atom. The maximum Gasteiger partial charge on any atom is 0.211 e. The Hall–Kier alpha value is 1.62. The third-order valence-electron chi connectivity index (χ3n) is 4.62. The van der Waals surface area contributed by atoms with E-state index in [4.69, 9.17) is 0 Å². The van der Waals surface area contributed by atoms with E-state index >= 15 is 0 Å². The summed E-state index contributed by atoms with van der Waals surface area (Å²) in [4.78, 5) is 22.7. The van der Waals surface area contributed by atoms with Gasteiger partial charge in [0.05, 0.1) is 9.16 Å². The summed E-state index contributed by atoms with van der Waals surface area (Å²) in [6.07, 6.45) is 8.21. The Morgan fingerprint density at radius 2 is 1.16 bits per heavy atom. The van der Waals surface area contributed by atoms with Crippen molar-refractivity contribution in [2.24, 2.45) is 0 Å². The van der Waals surface area contributed by atoms with Crippen LogP contribution in [-0.4, -0.2) is 75.9 Å². The summed E-state index contributed by atoms with van der Waals surface area (Å²) in [6, 6.07) is 0. The highest BCUT2D eigenvalue weighted by molar-refractivity contribution is 8.23. The molecule has 0 aromatic rings. The lowest BCUT2D eigenvalue weighted by Gasteiger charge is -2.10. The SMILES string of the molecule is C=CC(=O)SCC1CSC(CSCCCCCCSCC2SCC(CSC(=O)C=C)S2)S1. The molecule has 2 aliphatic rings. The van der Waals surface area contributed by atoms with Crippen LogP contribution in [0.25, 0.3) is 0 Å². The van der Waals surface area contributed by atoms with E-state index in [1.165, 1.54) is 95.9 Å². The van der Waals surface area contributed by atoms with Gasteiger partial charge in [-0.3, -0.25) is 9.59 Å². The maximum atomic E-state index is 11.3. The normalized spacial score (nSPS) is 25.1. The number of unbranched alkanes of at least 4 members (excludes halogenated alkanes) is 3. The second-order valence-electron chi connectivity index (χ2n) is 7.27. The molecule has 10 heteroatoms. The van der Waals surface area contributed by atoms with E-state index in [1.54, 1.807) is 0 Å². The van der Waals surface area contributed by atoms with Gasteiger partial charge in [-0.2, -0.15) is 23.5 Å². The van der Waals surface area contributed by atoms with Crippen molar-refractivity contribution in [3.63, 3.8) is 0 Å². The third kappa shape index (κ3) is 13.6. The van der Waals surface area contributed by atoms with Gasteiger partial charge in [0.2, 0.25) is 10.2 Å². The lowest BCUT2D eigenvalue weighted by molar-refractivity contribution is -0.107. The van der Waals surface area contributed by atoms with E-state index in [9.17, 15) is 9.59 Å². The average molecular weight is 587 g/mol. The lowest BCUT2D eigenvalue weighted by Crippen LogP contribution is -2.07. The molecular formula is C22H34O2S8. The van der Waals surface area contributed by atoms with Crippen LogP contribution in [0.15, 0.2) is 25.3 Å². The van der Waals surface area contributed by atoms with Crippen LogP contribution in [0.4, 0.5) is 0 Å². The molecular weight excluding hydrogens is 553 g/mol. The maximum absolute atomic E-state index is 11.3. The zero-order chi connectivity index (χ0) is 23.0. The highest BCUT2D eigenvalue weighted by Crippen LogP contribution is 2.42.